The number of ether oxygens (including phenoxy) is 1. The van der Waals surface area contributed by atoms with E-state index in [9.17, 15) is 4.79 Å². The van der Waals surface area contributed by atoms with Crippen molar-refractivity contribution in [3.8, 4) is 0 Å². The van der Waals surface area contributed by atoms with Crippen LogP contribution in [0.3, 0.4) is 0 Å². The van der Waals surface area contributed by atoms with E-state index in [-0.39, 0.29) is 12.0 Å². The van der Waals surface area contributed by atoms with E-state index in [1.807, 2.05) is 22.9 Å². The molecule has 1 amide bonds. The van der Waals surface area contributed by atoms with Crippen molar-refractivity contribution in [3.05, 3.63) is 35.4 Å². The number of nitrogens with one attached hydrogen (secondary N) is 1. The summed E-state index contributed by atoms with van der Waals surface area (Å²) >= 11 is 1.66. The van der Waals surface area contributed by atoms with Crippen molar-refractivity contribution in [2.45, 2.75) is 32.4 Å². The van der Waals surface area contributed by atoms with E-state index in [0.29, 0.717) is 18.8 Å². The number of nitrogens with zero attached hydrogens (tertiary/aromatic N) is 1. The van der Waals surface area contributed by atoms with Crippen LogP contribution in [0, 0.1) is 0 Å². The third-order valence-electron chi connectivity index (χ3n) is 3.70. The maximum absolute atomic E-state index is 12.5. The molecule has 1 N–H and O–H groups in total. The fourth-order valence-electron chi connectivity index (χ4n) is 2.71. The molecule has 0 radical (unpaired) electrons. The number of thiophene rings is 1. The maximum Gasteiger partial charge on any atom is 0.268 e. The molecular formula is C16H20N2O2S. The third kappa shape index (κ3) is 3.04. The average molecular weight is 304 g/mol. The molecule has 0 bridgehead atoms. The summed E-state index contributed by atoms with van der Waals surface area (Å²) in [6.07, 6.45) is 2.28. The van der Waals surface area contributed by atoms with Crippen LogP contribution in [0.25, 0.3) is 10.2 Å². The second-order valence-corrected chi connectivity index (χ2v) is 6.54. The quantitative estimate of drug-likeness (QED) is 0.862. The van der Waals surface area contributed by atoms with E-state index in [1.165, 1.54) is 0 Å². The Bertz CT molecular complexity index is 665. The Morgan fingerprint density at radius 2 is 2.48 bits per heavy atom. The number of hydrogen-bond donors (Lipinski definition) is 1. The highest BCUT2D eigenvalue weighted by molar-refractivity contribution is 7.17. The maximum atomic E-state index is 12.5. The van der Waals surface area contributed by atoms with E-state index < -0.39 is 0 Å². The molecule has 112 valence electrons. The first-order chi connectivity index (χ1) is 10.1. The largest absolute Gasteiger partial charge is 0.376 e. The minimum atomic E-state index is -0.0323. The van der Waals surface area contributed by atoms with Crippen molar-refractivity contribution in [2.24, 2.45) is 0 Å². The SMILES string of the molecule is C=C(C)Cn1c(C(=O)NC[C@@H]2CCCO2)cc2sccc21. The van der Waals surface area contributed by atoms with Gasteiger partial charge in [-0.3, -0.25) is 4.79 Å². The highest BCUT2D eigenvalue weighted by atomic mass is 32.1. The molecule has 21 heavy (non-hydrogen) atoms. The predicted octanol–water partition coefficient (Wildman–Crippen LogP) is 3.19. The van der Waals surface area contributed by atoms with E-state index >= 15 is 0 Å². The molecule has 3 rings (SSSR count). The molecule has 1 atom stereocenters. The monoisotopic (exact) mass is 304 g/mol. The van der Waals surface area contributed by atoms with Crippen LogP contribution >= 0.6 is 11.3 Å². The van der Waals surface area contributed by atoms with E-state index in [1.54, 1.807) is 11.3 Å². The number of aromatic nitrogens is 1. The average Bonchev–Trinajstić information content (AvgIpc) is 3.13. The molecule has 1 aliphatic heterocycles. The molecule has 0 unspecified atom stereocenters. The topological polar surface area (TPSA) is 43.3 Å². The molecule has 0 aliphatic carbocycles. The van der Waals surface area contributed by atoms with Gasteiger partial charge in [-0.1, -0.05) is 12.2 Å². The van der Waals surface area contributed by atoms with Crippen molar-refractivity contribution in [1.29, 1.82) is 0 Å². The van der Waals surface area contributed by atoms with Gasteiger partial charge in [0.1, 0.15) is 5.69 Å². The number of allylic oxidation sites excluding steroid dienone is 1. The van der Waals surface area contributed by atoms with E-state index in [2.05, 4.69) is 18.0 Å². The van der Waals surface area contributed by atoms with Gasteiger partial charge < -0.3 is 14.6 Å². The Hall–Kier alpha value is -1.59. The van der Waals surface area contributed by atoms with Gasteiger partial charge in [-0.2, -0.15) is 0 Å². The van der Waals surface area contributed by atoms with Crippen molar-refractivity contribution < 1.29 is 9.53 Å². The summed E-state index contributed by atoms with van der Waals surface area (Å²) in [6.45, 7) is 8.01. The highest BCUT2D eigenvalue weighted by Crippen LogP contribution is 2.26. The normalized spacial score (nSPS) is 18.2. The van der Waals surface area contributed by atoms with Crippen LogP contribution in [-0.4, -0.2) is 29.7 Å². The Balaban J connectivity index is 1.79. The molecule has 0 spiro atoms. The lowest BCUT2D eigenvalue weighted by Gasteiger charge is -2.13. The van der Waals surface area contributed by atoms with Crippen molar-refractivity contribution in [3.63, 3.8) is 0 Å². The number of rotatable bonds is 5. The summed E-state index contributed by atoms with van der Waals surface area (Å²) < 4.78 is 8.72. The zero-order valence-electron chi connectivity index (χ0n) is 12.2. The van der Waals surface area contributed by atoms with Gasteiger partial charge in [-0.25, -0.2) is 0 Å². The van der Waals surface area contributed by atoms with Gasteiger partial charge in [0, 0.05) is 19.7 Å². The Labute approximate surface area is 128 Å². The standard InChI is InChI=1S/C16H20N2O2S/c1-11(2)10-18-13-5-7-21-15(13)8-14(18)16(19)17-9-12-4-3-6-20-12/h5,7-8,12H,1,3-4,6,9-10H2,2H3,(H,17,19)/t12-/m0/s1. The molecule has 2 aromatic rings. The van der Waals surface area contributed by atoms with Crippen LogP contribution in [0.2, 0.25) is 0 Å². The fraction of sp³-hybridized carbons (Fsp3) is 0.438. The van der Waals surface area contributed by atoms with Crippen LogP contribution in [0.1, 0.15) is 30.3 Å². The number of carbonyl (C=O) groups is 1. The van der Waals surface area contributed by atoms with Crippen LogP contribution in [0.5, 0.6) is 0 Å². The molecule has 1 saturated heterocycles. The Kier molecular flexibility index (Phi) is 4.12. The molecule has 1 fully saturated rings. The first-order valence-electron chi connectivity index (χ1n) is 7.26. The lowest BCUT2D eigenvalue weighted by Crippen LogP contribution is -2.33. The van der Waals surface area contributed by atoms with Gasteiger partial charge in [-0.15, -0.1) is 11.3 Å². The van der Waals surface area contributed by atoms with Crippen LogP contribution < -0.4 is 5.32 Å². The predicted molar refractivity (Wildman–Crippen MR) is 85.9 cm³/mol. The minimum absolute atomic E-state index is 0.0323. The first-order valence-corrected chi connectivity index (χ1v) is 8.14. The number of fused-ring (bicyclic) bond motifs is 1. The summed E-state index contributed by atoms with van der Waals surface area (Å²) in [7, 11) is 0. The van der Waals surface area contributed by atoms with Crippen molar-refractivity contribution >= 4 is 27.5 Å². The van der Waals surface area contributed by atoms with Crippen molar-refractivity contribution in [2.75, 3.05) is 13.2 Å². The molecule has 3 heterocycles. The van der Waals surface area contributed by atoms with Crippen LogP contribution in [0.15, 0.2) is 29.7 Å². The summed E-state index contributed by atoms with van der Waals surface area (Å²) in [5.74, 6) is -0.0323. The molecule has 5 heteroatoms. The minimum Gasteiger partial charge on any atom is -0.376 e. The number of hydrogen-bond acceptors (Lipinski definition) is 3. The van der Waals surface area contributed by atoms with Gasteiger partial charge in [0.2, 0.25) is 0 Å². The third-order valence-corrected chi connectivity index (χ3v) is 4.55. The lowest BCUT2D eigenvalue weighted by atomic mass is 10.2. The molecular weight excluding hydrogens is 284 g/mol. The van der Waals surface area contributed by atoms with E-state index in [0.717, 1.165) is 35.2 Å². The van der Waals surface area contributed by atoms with Gasteiger partial charge in [0.05, 0.1) is 16.3 Å². The van der Waals surface area contributed by atoms with Crippen LogP contribution in [0.4, 0.5) is 0 Å². The molecule has 2 aromatic heterocycles. The summed E-state index contributed by atoms with van der Waals surface area (Å²) in [4.78, 5) is 12.5. The van der Waals surface area contributed by atoms with Gasteiger partial charge >= 0.3 is 0 Å². The first kappa shape index (κ1) is 14.4. The Morgan fingerprint density at radius 3 is 3.19 bits per heavy atom. The molecule has 0 aromatic carbocycles. The summed E-state index contributed by atoms with van der Waals surface area (Å²) in [5.41, 5.74) is 2.84. The van der Waals surface area contributed by atoms with Crippen molar-refractivity contribution in [1.82, 2.24) is 9.88 Å². The highest BCUT2D eigenvalue weighted by Gasteiger charge is 2.19. The molecule has 1 aliphatic rings. The lowest BCUT2D eigenvalue weighted by molar-refractivity contribution is 0.0851. The zero-order chi connectivity index (χ0) is 14.8. The number of amides is 1. The second kappa shape index (κ2) is 6.03. The van der Waals surface area contributed by atoms with Gasteiger partial charge in [0.25, 0.3) is 5.91 Å². The summed E-state index contributed by atoms with van der Waals surface area (Å²) in [6, 6.07) is 4.02. The van der Waals surface area contributed by atoms with Crippen LogP contribution in [-0.2, 0) is 11.3 Å². The second-order valence-electron chi connectivity index (χ2n) is 5.59. The van der Waals surface area contributed by atoms with E-state index in [4.69, 9.17) is 4.74 Å². The summed E-state index contributed by atoms with van der Waals surface area (Å²) in [5, 5.41) is 5.04. The van der Waals surface area contributed by atoms with Gasteiger partial charge in [0.15, 0.2) is 0 Å². The molecule has 4 nitrogen and oxygen atoms in total. The number of carbonyl (C=O) groups excluding carboxylic acids is 1. The van der Waals surface area contributed by atoms with Gasteiger partial charge in [-0.05, 0) is 37.3 Å². The zero-order valence-corrected chi connectivity index (χ0v) is 13.0. The Morgan fingerprint density at radius 1 is 1.62 bits per heavy atom. The fourth-order valence-corrected chi connectivity index (χ4v) is 3.53. The molecule has 0 saturated carbocycles. The smallest absolute Gasteiger partial charge is 0.268 e.